The lowest BCUT2D eigenvalue weighted by atomic mass is 10.0. The molecule has 0 spiro atoms. The molecule has 0 saturated heterocycles. The molecule has 116 valence electrons. The summed E-state index contributed by atoms with van der Waals surface area (Å²) in [6.07, 6.45) is 13.3. The van der Waals surface area contributed by atoms with Crippen LogP contribution in [0.4, 0.5) is 0 Å². The molecule has 0 N–H and O–H groups in total. The molecule has 1 aromatic carbocycles. The molecule has 0 radical (unpaired) electrons. The van der Waals surface area contributed by atoms with Crippen molar-refractivity contribution < 1.29 is 4.52 Å². The highest BCUT2D eigenvalue weighted by Gasteiger charge is 2.07. The minimum absolute atomic E-state index is 0.923. The average molecular weight is 287 g/mol. The first-order chi connectivity index (χ1) is 10.3. The highest BCUT2D eigenvalue weighted by molar-refractivity contribution is 5.80. The van der Waals surface area contributed by atoms with E-state index in [4.69, 9.17) is 4.52 Å². The largest absolute Gasteiger partial charge is 0.356 e. The highest BCUT2D eigenvalue weighted by atomic mass is 16.5. The van der Waals surface area contributed by atoms with Gasteiger partial charge < -0.3 is 4.52 Å². The SMILES string of the molecule is CCCCCCCCCCCc1noc2ccc(C)cc12. The zero-order chi connectivity index (χ0) is 14.9. The molecule has 0 atom stereocenters. The Morgan fingerprint density at radius 3 is 2.29 bits per heavy atom. The average Bonchev–Trinajstić information content (AvgIpc) is 2.88. The second-order valence-corrected chi connectivity index (χ2v) is 6.21. The van der Waals surface area contributed by atoms with Crippen molar-refractivity contribution in [3.05, 3.63) is 29.5 Å². The van der Waals surface area contributed by atoms with Gasteiger partial charge in [0.15, 0.2) is 5.58 Å². The summed E-state index contributed by atoms with van der Waals surface area (Å²) in [5.74, 6) is 0. The van der Waals surface area contributed by atoms with E-state index in [9.17, 15) is 0 Å². The fourth-order valence-electron chi connectivity index (χ4n) is 2.89. The minimum atomic E-state index is 0.923. The summed E-state index contributed by atoms with van der Waals surface area (Å²) in [6.45, 7) is 4.39. The lowest BCUT2D eigenvalue weighted by Gasteiger charge is -2.01. The lowest BCUT2D eigenvalue weighted by Crippen LogP contribution is -1.88. The number of fused-ring (bicyclic) bond motifs is 1. The molecule has 0 aliphatic rings. The Morgan fingerprint density at radius 1 is 0.905 bits per heavy atom. The van der Waals surface area contributed by atoms with Crippen LogP contribution in [0.5, 0.6) is 0 Å². The smallest absolute Gasteiger partial charge is 0.167 e. The maximum absolute atomic E-state index is 5.39. The van der Waals surface area contributed by atoms with Gasteiger partial charge in [0.25, 0.3) is 0 Å². The van der Waals surface area contributed by atoms with Crippen LogP contribution in [0.3, 0.4) is 0 Å². The van der Waals surface area contributed by atoms with E-state index in [1.165, 1.54) is 68.7 Å². The first-order valence-electron chi connectivity index (χ1n) is 8.66. The maximum atomic E-state index is 5.39. The van der Waals surface area contributed by atoms with Crippen LogP contribution in [-0.4, -0.2) is 5.16 Å². The number of hydrogen-bond donors (Lipinski definition) is 0. The van der Waals surface area contributed by atoms with Crippen molar-refractivity contribution in [1.82, 2.24) is 5.16 Å². The number of hydrogen-bond acceptors (Lipinski definition) is 2. The van der Waals surface area contributed by atoms with Crippen molar-refractivity contribution in [2.75, 3.05) is 0 Å². The molecule has 2 nitrogen and oxygen atoms in total. The van der Waals surface area contributed by atoms with Crippen LogP contribution in [0.25, 0.3) is 11.0 Å². The van der Waals surface area contributed by atoms with Crippen LogP contribution in [0.1, 0.15) is 76.0 Å². The van der Waals surface area contributed by atoms with E-state index >= 15 is 0 Å². The predicted molar refractivity (Wildman–Crippen MR) is 89.7 cm³/mol. The number of nitrogens with zero attached hydrogens (tertiary/aromatic N) is 1. The second kappa shape index (κ2) is 8.86. The van der Waals surface area contributed by atoms with Crippen LogP contribution >= 0.6 is 0 Å². The maximum Gasteiger partial charge on any atom is 0.167 e. The number of rotatable bonds is 10. The molecule has 0 saturated carbocycles. The number of unbranched alkanes of at least 4 members (excludes halogenated alkanes) is 8. The van der Waals surface area contributed by atoms with E-state index in [0.717, 1.165) is 17.7 Å². The normalized spacial score (nSPS) is 11.3. The number of aromatic nitrogens is 1. The summed E-state index contributed by atoms with van der Waals surface area (Å²) in [4.78, 5) is 0. The number of benzene rings is 1. The molecular weight excluding hydrogens is 258 g/mol. The van der Waals surface area contributed by atoms with Gasteiger partial charge in [-0.15, -0.1) is 0 Å². The van der Waals surface area contributed by atoms with E-state index in [1.54, 1.807) is 0 Å². The van der Waals surface area contributed by atoms with Gasteiger partial charge >= 0.3 is 0 Å². The fourth-order valence-corrected chi connectivity index (χ4v) is 2.89. The van der Waals surface area contributed by atoms with Gasteiger partial charge in [-0.1, -0.05) is 75.1 Å². The van der Waals surface area contributed by atoms with Crippen LogP contribution in [0, 0.1) is 6.92 Å². The van der Waals surface area contributed by atoms with Crippen molar-refractivity contribution in [1.29, 1.82) is 0 Å². The molecule has 2 aromatic rings. The van der Waals surface area contributed by atoms with E-state index in [2.05, 4.69) is 31.1 Å². The van der Waals surface area contributed by atoms with Gasteiger partial charge in [0, 0.05) is 5.39 Å². The fraction of sp³-hybridized carbons (Fsp3) is 0.632. The highest BCUT2D eigenvalue weighted by Crippen LogP contribution is 2.21. The Labute approximate surface area is 128 Å². The molecular formula is C19H29NO. The monoisotopic (exact) mass is 287 g/mol. The molecule has 2 rings (SSSR count). The van der Waals surface area contributed by atoms with Crippen molar-refractivity contribution in [3.63, 3.8) is 0 Å². The van der Waals surface area contributed by atoms with Crippen LogP contribution in [0.15, 0.2) is 22.7 Å². The molecule has 0 bridgehead atoms. The van der Waals surface area contributed by atoms with Gasteiger partial charge in [-0.25, -0.2) is 0 Å². The van der Waals surface area contributed by atoms with Gasteiger partial charge in [-0.3, -0.25) is 0 Å². The Balaban J connectivity index is 1.63. The van der Waals surface area contributed by atoms with Crippen molar-refractivity contribution in [3.8, 4) is 0 Å². The zero-order valence-corrected chi connectivity index (χ0v) is 13.7. The zero-order valence-electron chi connectivity index (χ0n) is 13.7. The third-order valence-corrected chi connectivity index (χ3v) is 4.22. The van der Waals surface area contributed by atoms with Crippen LogP contribution in [-0.2, 0) is 6.42 Å². The second-order valence-electron chi connectivity index (χ2n) is 6.21. The summed E-state index contributed by atoms with van der Waals surface area (Å²) < 4.78 is 5.39. The van der Waals surface area contributed by atoms with Crippen molar-refractivity contribution in [2.24, 2.45) is 0 Å². The molecule has 1 heterocycles. The summed E-state index contributed by atoms with van der Waals surface area (Å²) >= 11 is 0. The summed E-state index contributed by atoms with van der Waals surface area (Å²) in [5, 5.41) is 5.43. The van der Waals surface area contributed by atoms with Crippen molar-refractivity contribution in [2.45, 2.75) is 78.1 Å². The van der Waals surface area contributed by atoms with Crippen LogP contribution in [0.2, 0.25) is 0 Å². The van der Waals surface area contributed by atoms with Gasteiger partial charge in [-0.2, -0.15) is 0 Å². The molecule has 0 aliphatic heterocycles. The van der Waals surface area contributed by atoms with Crippen LogP contribution < -0.4 is 0 Å². The van der Waals surface area contributed by atoms with E-state index in [-0.39, 0.29) is 0 Å². The Bertz CT molecular complexity index is 529. The molecule has 2 heteroatoms. The molecule has 0 amide bonds. The third-order valence-electron chi connectivity index (χ3n) is 4.22. The van der Waals surface area contributed by atoms with E-state index in [1.807, 2.05) is 6.07 Å². The first kappa shape index (κ1) is 16.1. The van der Waals surface area contributed by atoms with Gasteiger partial charge in [0.05, 0.1) is 5.69 Å². The van der Waals surface area contributed by atoms with Gasteiger partial charge in [0.2, 0.25) is 0 Å². The molecule has 21 heavy (non-hydrogen) atoms. The molecule has 0 unspecified atom stereocenters. The van der Waals surface area contributed by atoms with E-state index < -0.39 is 0 Å². The predicted octanol–water partition coefficient (Wildman–Crippen LogP) is 6.21. The van der Waals surface area contributed by atoms with E-state index in [0.29, 0.717) is 0 Å². The Morgan fingerprint density at radius 2 is 1.57 bits per heavy atom. The third kappa shape index (κ3) is 5.18. The van der Waals surface area contributed by atoms with Crippen molar-refractivity contribution >= 4 is 11.0 Å². The van der Waals surface area contributed by atoms with Gasteiger partial charge in [0.1, 0.15) is 0 Å². The molecule has 0 fully saturated rings. The minimum Gasteiger partial charge on any atom is -0.356 e. The first-order valence-corrected chi connectivity index (χ1v) is 8.66. The molecule has 1 aromatic heterocycles. The molecule has 0 aliphatic carbocycles. The Kier molecular flexibility index (Phi) is 6.78. The summed E-state index contributed by atoms with van der Waals surface area (Å²) in [6, 6.07) is 6.29. The quantitative estimate of drug-likeness (QED) is 0.485. The Hall–Kier alpha value is -1.31. The van der Waals surface area contributed by atoms with Gasteiger partial charge in [-0.05, 0) is 31.9 Å². The topological polar surface area (TPSA) is 26.0 Å². The summed E-state index contributed by atoms with van der Waals surface area (Å²) in [5.41, 5.74) is 3.34. The lowest BCUT2D eigenvalue weighted by molar-refractivity contribution is 0.443. The summed E-state index contributed by atoms with van der Waals surface area (Å²) in [7, 11) is 0. The standard InChI is InChI=1S/C19H29NO/c1-3-4-5-6-7-8-9-10-11-12-18-17-15-16(2)13-14-19(17)21-20-18/h13-15H,3-12H2,1-2H3. The number of aryl methyl sites for hydroxylation is 2.